The summed E-state index contributed by atoms with van der Waals surface area (Å²) in [6, 6.07) is 5.89. The Morgan fingerprint density at radius 2 is 1.86 bits per heavy atom. The lowest BCUT2D eigenvalue weighted by Crippen LogP contribution is -1.80. The summed E-state index contributed by atoms with van der Waals surface area (Å²) < 4.78 is 23.9. The summed E-state index contributed by atoms with van der Waals surface area (Å²) in [6.07, 6.45) is 0. The van der Waals surface area contributed by atoms with E-state index in [1.54, 1.807) is 12.1 Å². The van der Waals surface area contributed by atoms with E-state index in [2.05, 4.69) is 15.2 Å². The van der Waals surface area contributed by atoms with Gasteiger partial charge in [-0.3, -0.25) is 0 Å². The average Bonchev–Trinajstić information content (AvgIpc) is 3.05. The topological polar surface area (TPSA) is 65.0 Å². The van der Waals surface area contributed by atoms with Gasteiger partial charge < -0.3 is 8.83 Å². The Kier molecular flexibility index (Phi) is 3.74. The number of nitrogens with zero attached hydrogens (tertiary/aromatic N) is 3. The fourth-order valence-corrected chi connectivity index (χ4v) is 2.31. The molecule has 0 N–H and O–H groups in total. The third kappa shape index (κ3) is 3.13. The van der Waals surface area contributed by atoms with Crippen molar-refractivity contribution in [1.82, 2.24) is 15.2 Å². The molecule has 2 heterocycles. The highest BCUT2D eigenvalue weighted by molar-refractivity contribution is 7.98. The standard InChI is InChI=1S/C14H12FN3O2S/c1-8-9(2)19-12(16-8)7-21-14-18-17-13(20-14)10-3-5-11(15)6-4-10/h3-6H,7H2,1-2H3. The van der Waals surface area contributed by atoms with E-state index in [4.69, 9.17) is 8.83 Å². The molecule has 0 spiro atoms. The highest BCUT2D eigenvalue weighted by Crippen LogP contribution is 2.26. The maximum atomic E-state index is 12.9. The van der Waals surface area contributed by atoms with Crippen molar-refractivity contribution >= 4 is 11.8 Å². The van der Waals surface area contributed by atoms with Crippen molar-refractivity contribution in [2.45, 2.75) is 24.8 Å². The predicted molar refractivity (Wildman–Crippen MR) is 75.2 cm³/mol. The highest BCUT2D eigenvalue weighted by Gasteiger charge is 2.12. The van der Waals surface area contributed by atoms with Crippen LogP contribution in [0.3, 0.4) is 0 Å². The molecule has 0 unspecified atom stereocenters. The Balaban J connectivity index is 1.69. The molecule has 0 atom stereocenters. The number of benzene rings is 1. The van der Waals surface area contributed by atoms with Gasteiger partial charge in [0.15, 0.2) is 0 Å². The molecular weight excluding hydrogens is 293 g/mol. The van der Waals surface area contributed by atoms with Crippen molar-refractivity contribution < 1.29 is 13.2 Å². The zero-order valence-corrected chi connectivity index (χ0v) is 12.3. The molecule has 0 bridgehead atoms. The normalized spacial score (nSPS) is 11.0. The number of thioether (sulfide) groups is 1. The minimum atomic E-state index is -0.303. The number of rotatable bonds is 4. The second-order valence-corrected chi connectivity index (χ2v) is 5.34. The van der Waals surface area contributed by atoms with Gasteiger partial charge in [-0.25, -0.2) is 9.37 Å². The molecule has 0 radical (unpaired) electrons. The number of hydrogen-bond acceptors (Lipinski definition) is 6. The van der Waals surface area contributed by atoms with Gasteiger partial charge in [0.25, 0.3) is 5.22 Å². The Hall–Kier alpha value is -2.15. The van der Waals surface area contributed by atoms with Crippen LogP contribution in [0, 0.1) is 19.7 Å². The highest BCUT2D eigenvalue weighted by atomic mass is 32.2. The van der Waals surface area contributed by atoms with Crippen LogP contribution in [-0.4, -0.2) is 15.2 Å². The minimum absolute atomic E-state index is 0.303. The van der Waals surface area contributed by atoms with Gasteiger partial charge in [-0.05, 0) is 38.1 Å². The summed E-state index contributed by atoms with van der Waals surface area (Å²) >= 11 is 1.34. The van der Waals surface area contributed by atoms with Crippen molar-refractivity contribution in [1.29, 1.82) is 0 Å². The Labute approximate surface area is 124 Å². The van der Waals surface area contributed by atoms with Crippen molar-refractivity contribution in [3.63, 3.8) is 0 Å². The molecule has 3 rings (SSSR count). The van der Waals surface area contributed by atoms with Gasteiger partial charge in [-0.15, -0.1) is 10.2 Å². The molecule has 5 nitrogen and oxygen atoms in total. The largest absolute Gasteiger partial charge is 0.445 e. The lowest BCUT2D eigenvalue weighted by molar-refractivity contribution is 0.462. The molecule has 0 saturated carbocycles. The van der Waals surface area contributed by atoms with Crippen LogP contribution in [0.2, 0.25) is 0 Å². The molecule has 0 aliphatic rings. The third-order valence-corrected chi connectivity index (χ3v) is 3.69. The van der Waals surface area contributed by atoms with E-state index in [-0.39, 0.29) is 5.82 Å². The number of oxazole rings is 1. The van der Waals surface area contributed by atoms with Gasteiger partial charge in [0.2, 0.25) is 11.8 Å². The van der Waals surface area contributed by atoms with Gasteiger partial charge in [0, 0.05) is 5.56 Å². The summed E-state index contributed by atoms with van der Waals surface area (Å²) in [4.78, 5) is 4.28. The molecule has 2 aromatic heterocycles. The van der Waals surface area contributed by atoms with E-state index in [1.807, 2.05) is 13.8 Å². The first kappa shape index (κ1) is 13.8. The molecule has 7 heteroatoms. The average molecular weight is 305 g/mol. The van der Waals surface area contributed by atoms with Crippen LogP contribution >= 0.6 is 11.8 Å². The van der Waals surface area contributed by atoms with Crippen molar-refractivity contribution in [3.8, 4) is 11.5 Å². The molecule has 1 aromatic carbocycles. The number of aryl methyl sites for hydroxylation is 2. The number of hydrogen-bond donors (Lipinski definition) is 0. The molecule has 0 saturated heterocycles. The van der Waals surface area contributed by atoms with Crippen LogP contribution in [0.5, 0.6) is 0 Å². The van der Waals surface area contributed by atoms with E-state index >= 15 is 0 Å². The van der Waals surface area contributed by atoms with E-state index in [0.717, 1.165) is 11.5 Å². The first-order chi connectivity index (χ1) is 10.1. The van der Waals surface area contributed by atoms with Crippen molar-refractivity contribution in [2.24, 2.45) is 0 Å². The molecule has 0 aliphatic heterocycles. The molecule has 3 aromatic rings. The first-order valence-corrected chi connectivity index (χ1v) is 7.25. The van der Waals surface area contributed by atoms with Gasteiger partial charge in [-0.1, -0.05) is 11.8 Å². The number of aromatic nitrogens is 3. The van der Waals surface area contributed by atoms with Gasteiger partial charge in [-0.2, -0.15) is 0 Å². The smallest absolute Gasteiger partial charge is 0.277 e. The van der Waals surface area contributed by atoms with Gasteiger partial charge >= 0.3 is 0 Å². The quantitative estimate of drug-likeness (QED) is 0.684. The Morgan fingerprint density at radius 1 is 1.10 bits per heavy atom. The monoisotopic (exact) mass is 305 g/mol. The van der Waals surface area contributed by atoms with Crippen LogP contribution in [0.4, 0.5) is 4.39 Å². The summed E-state index contributed by atoms with van der Waals surface area (Å²) in [7, 11) is 0. The fourth-order valence-electron chi connectivity index (χ4n) is 1.70. The minimum Gasteiger partial charge on any atom is -0.445 e. The SMILES string of the molecule is Cc1nc(CSc2nnc(-c3ccc(F)cc3)o2)oc1C. The number of halogens is 1. The molecular formula is C14H12FN3O2S. The van der Waals surface area contributed by atoms with Crippen LogP contribution in [0.25, 0.3) is 11.5 Å². The van der Waals surface area contributed by atoms with E-state index in [9.17, 15) is 4.39 Å². The third-order valence-electron chi connectivity index (χ3n) is 2.89. The Morgan fingerprint density at radius 3 is 2.52 bits per heavy atom. The van der Waals surface area contributed by atoms with Gasteiger partial charge in [0.1, 0.15) is 11.6 Å². The zero-order chi connectivity index (χ0) is 14.8. The summed E-state index contributed by atoms with van der Waals surface area (Å²) in [5.74, 6) is 2.00. The van der Waals surface area contributed by atoms with Crippen molar-refractivity contribution in [2.75, 3.05) is 0 Å². The van der Waals surface area contributed by atoms with Crippen LogP contribution in [-0.2, 0) is 5.75 Å². The van der Waals surface area contributed by atoms with Crippen LogP contribution < -0.4 is 0 Å². The van der Waals surface area contributed by atoms with Crippen LogP contribution in [0.1, 0.15) is 17.3 Å². The lowest BCUT2D eigenvalue weighted by Gasteiger charge is -1.94. The van der Waals surface area contributed by atoms with E-state index in [1.165, 1.54) is 23.9 Å². The van der Waals surface area contributed by atoms with Crippen molar-refractivity contribution in [3.05, 3.63) is 47.4 Å². The summed E-state index contributed by atoms with van der Waals surface area (Å²) in [6.45, 7) is 3.77. The zero-order valence-electron chi connectivity index (χ0n) is 11.5. The van der Waals surface area contributed by atoms with E-state index < -0.39 is 0 Å². The maximum Gasteiger partial charge on any atom is 0.277 e. The molecule has 0 amide bonds. The van der Waals surface area contributed by atoms with Gasteiger partial charge in [0.05, 0.1) is 11.4 Å². The summed E-state index contributed by atoms with van der Waals surface area (Å²) in [5.41, 5.74) is 1.56. The summed E-state index contributed by atoms with van der Waals surface area (Å²) in [5, 5.41) is 8.30. The molecule has 108 valence electrons. The maximum absolute atomic E-state index is 12.9. The van der Waals surface area contributed by atoms with Crippen LogP contribution in [0.15, 0.2) is 38.3 Å². The first-order valence-electron chi connectivity index (χ1n) is 6.27. The lowest BCUT2D eigenvalue weighted by atomic mass is 10.2. The van der Waals surface area contributed by atoms with E-state index in [0.29, 0.717) is 28.3 Å². The second kappa shape index (κ2) is 5.69. The molecule has 0 aliphatic carbocycles. The second-order valence-electron chi connectivity index (χ2n) is 4.42. The molecule has 0 fully saturated rings. The molecule has 21 heavy (non-hydrogen) atoms. The predicted octanol–water partition coefficient (Wildman–Crippen LogP) is 3.77. The fraction of sp³-hybridized carbons (Fsp3) is 0.214. The Bertz CT molecular complexity index is 732.